The summed E-state index contributed by atoms with van der Waals surface area (Å²) in [5, 5.41) is 5.03. The normalized spacial score (nSPS) is 15.2. The van der Waals surface area contributed by atoms with Crippen molar-refractivity contribution >= 4 is 68.9 Å². The average molecular weight is 1090 g/mol. The van der Waals surface area contributed by atoms with E-state index < -0.39 is 88.0 Å². The van der Waals surface area contributed by atoms with Crippen LogP contribution in [0.15, 0.2) is 73.6 Å². The van der Waals surface area contributed by atoms with Gasteiger partial charge in [-0.05, 0) is 35.4 Å². The molecule has 0 spiro atoms. The van der Waals surface area contributed by atoms with Gasteiger partial charge in [-0.3, -0.25) is 0 Å². The number of ether oxygens (including phenoxy) is 1. The van der Waals surface area contributed by atoms with Gasteiger partial charge in [0.15, 0.2) is 66.6 Å². The van der Waals surface area contributed by atoms with Crippen molar-refractivity contribution in [3.05, 3.63) is 144 Å². The van der Waals surface area contributed by atoms with Crippen LogP contribution in [0.1, 0.15) is 22.5 Å². The van der Waals surface area contributed by atoms with Crippen molar-refractivity contribution in [3.8, 4) is 5.75 Å². The molecule has 0 radical (unpaired) electrons. The van der Waals surface area contributed by atoms with Gasteiger partial charge in [-0.15, -0.1) is 22.7 Å². The van der Waals surface area contributed by atoms with Crippen molar-refractivity contribution in [3.63, 3.8) is 0 Å². The number of methoxy groups -OCH3 is 1. The Morgan fingerprint density at radius 1 is 0.537 bits per heavy atom. The molecule has 0 unspecified atom stereocenters. The van der Waals surface area contributed by atoms with E-state index in [1.165, 1.54) is 22.7 Å². The molecule has 2 saturated heterocycles. The van der Waals surface area contributed by atoms with E-state index in [1.54, 1.807) is 16.9 Å². The Hall–Kier alpha value is -4.86. The van der Waals surface area contributed by atoms with Crippen LogP contribution in [0.25, 0.3) is 0 Å². The first-order valence-electron chi connectivity index (χ1n) is 19.5. The van der Waals surface area contributed by atoms with E-state index in [1.807, 2.05) is 59.3 Å². The molecule has 6 aromatic rings. The number of sulfonamides is 2. The summed E-state index contributed by atoms with van der Waals surface area (Å²) in [5.41, 5.74) is 3.67. The Balaban J connectivity index is 0.000000199. The molecule has 0 N–H and O–H groups in total. The predicted molar refractivity (Wildman–Crippen MR) is 231 cm³/mol. The Kier molecular flexibility index (Phi) is 15.2. The number of piperazine rings is 2. The maximum Gasteiger partial charge on any atom is 0.249 e. The number of nitrogens with zero attached hydrogens (tertiary/aromatic N) is 6. The molecular weight excluding hydrogens is 1050 g/mol. The fourth-order valence-electron chi connectivity index (χ4n) is 7.01. The number of halogens is 11. The molecule has 8 rings (SSSR count). The van der Waals surface area contributed by atoms with Crippen LogP contribution >= 0.6 is 38.6 Å². The van der Waals surface area contributed by atoms with E-state index in [4.69, 9.17) is 4.74 Å². The molecule has 2 aliphatic rings. The zero-order chi connectivity index (χ0) is 48.5. The van der Waals surface area contributed by atoms with Crippen LogP contribution in [0, 0.1) is 58.2 Å². The second-order valence-corrected chi connectivity index (χ2v) is 21.0. The molecule has 67 heavy (non-hydrogen) atoms. The van der Waals surface area contributed by atoms with Gasteiger partial charge in [-0.1, -0.05) is 40.2 Å². The Morgan fingerprint density at radius 3 is 1.27 bits per heavy atom. The predicted octanol–water partition coefficient (Wildman–Crippen LogP) is 8.65. The van der Waals surface area contributed by atoms with Gasteiger partial charge in [-0.25, -0.2) is 70.7 Å². The Morgan fingerprint density at radius 2 is 0.896 bits per heavy atom. The topological polar surface area (TPSA) is 116 Å². The number of aromatic nitrogens is 2. The molecule has 4 aromatic carbocycles. The van der Waals surface area contributed by atoms with Crippen molar-refractivity contribution in [1.29, 1.82) is 0 Å². The molecule has 2 aromatic heterocycles. The average Bonchev–Trinajstić information content (AvgIpc) is 3.99. The SMILES string of the molecule is COc1cccc(Cc2csc(N3CCN(S(=O)(=O)c4c(F)c(F)c(F)c(F)c4F)CC3)n2)c1.O=S(=O)(c1c(F)c(F)c(F)c(F)c1F)N1CCN(c2nc(Cc3cccc(Br)c3)cs2)CC1. The minimum atomic E-state index is -4.95. The molecule has 2 fully saturated rings. The lowest BCUT2D eigenvalue weighted by molar-refractivity contribution is 0.344. The van der Waals surface area contributed by atoms with Crippen molar-refractivity contribution in [2.75, 3.05) is 69.3 Å². The van der Waals surface area contributed by atoms with Gasteiger partial charge in [0, 0.05) is 80.4 Å². The summed E-state index contributed by atoms with van der Waals surface area (Å²) in [6, 6.07) is 15.3. The van der Waals surface area contributed by atoms with Crippen LogP contribution in [-0.2, 0) is 32.9 Å². The minimum Gasteiger partial charge on any atom is -0.497 e. The molecule has 0 atom stereocenters. The number of thiazole rings is 2. The van der Waals surface area contributed by atoms with Crippen LogP contribution in [-0.4, -0.2) is 94.9 Å². The van der Waals surface area contributed by atoms with Crippen molar-refractivity contribution in [2.45, 2.75) is 22.6 Å². The van der Waals surface area contributed by atoms with Crippen LogP contribution in [0.2, 0.25) is 0 Å². The highest BCUT2D eigenvalue weighted by molar-refractivity contribution is 9.10. The molecule has 4 heterocycles. The Labute approximate surface area is 393 Å². The Bertz CT molecular complexity index is 2980. The molecule has 2 aliphatic heterocycles. The van der Waals surface area contributed by atoms with Crippen LogP contribution in [0.3, 0.4) is 0 Å². The van der Waals surface area contributed by atoms with Gasteiger partial charge in [0.05, 0.1) is 18.5 Å². The van der Waals surface area contributed by atoms with E-state index in [-0.39, 0.29) is 52.4 Å². The molecular formula is C41H33BrF10N6O5S4. The molecule has 0 aliphatic carbocycles. The minimum absolute atomic E-state index is 0.126. The van der Waals surface area contributed by atoms with Gasteiger partial charge in [0.1, 0.15) is 5.75 Å². The highest BCUT2D eigenvalue weighted by Gasteiger charge is 2.40. The fraction of sp³-hybridized carbons (Fsp3) is 0.268. The standard InChI is InChI=1S/C21H18F5N3O3S2.C20H15BrF5N3O2S2/c1-32-14-4-2-3-12(10-14)9-13-11-33-21(27-13)28-5-7-29(8-6-28)34(30,31)20-18(25)16(23)15(22)17(24)19(20)26;21-12-3-1-2-11(8-12)9-13-10-32-20(27-13)28-4-6-29(7-5-28)33(30,31)19-17(25)15(23)14(22)16(24)18(19)26/h2-4,10-11H,5-9H2,1H3;1-3,8,10H,4-7,9H2. The summed E-state index contributed by atoms with van der Waals surface area (Å²) in [6.07, 6.45) is 1.16. The molecule has 0 bridgehead atoms. The molecule has 26 heteroatoms. The molecule has 11 nitrogen and oxygen atoms in total. The fourth-order valence-corrected chi connectivity index (χ4v) is 12.3. The quantitative estimate of drug-likeness (QED) is 0.0715. The summed E-state index contributed by atoms with van der Waals surface area (Å²) >= 11 is 6.14. The van der Waals surface area contributed by atoms with E-state index in [9.17, 15) is 60.7 Å². The zero-order valence-corrected chi connectivity index (χ0v) is 39.2. The van der Waals surface area contributed by atoms with E-state index in [0.29, 0.717) is 31.7 Å². The van der Waals surface area contributed by atoms with E-state index in [2.05, 4.69) is 25.9 Å². The lowest BCUT2D eigenvalue weighted by atomic mass is 10.1. The van der Waals surface area contributed by atoms with Crippen LogP contribution in [0.5, 0.6) is 5.75 Å². The molecule has 0 amide bonds. The summed E-state index contributed by atoms with van der Waals surface area (Å²) < 4.78 is 195. The molecule has 0 saturated carbocycles. The maximum absolute atomic E-state index is 14.1. The first-order chi connectivity index (χ1) is 31.7. The van der Waals surface area contributed by atoms with Gasteiger partial charge < -0.3 is 14.5 Å². The second-order valence-electron chi connectivity index (χ2n) is 14.7. The lowest BCUT2D eigenvalue weighted by Crippen LogP contribution is -2.49. The third kappa shape index (κ3) is 10.4. The largest absolute Gasteiger partial charge is 0.497 e. The van der Waals surface area contributed by atoms with Gasteiger partial charge in [-0.2, -0.15) is 8.61 Å². The smallest absolute Gasteiger partial charge is 0.249 e. The number of hydrogen-bond acceptors (Lipinski definition) is 11. The lowest BCUT2D eigenvalue weighted by Gasteiger charge is -2.33. The van der Waals surface area contributed by atoms with E-state index >= 15 is 0 Å². The first kappa shape index (κ1) is 50.0. The maximum atomic E-state index is 14.1. The summed E-state index contributed by atoms with van der Waals surface area (Å²) in [6.45, 7) is -0.317. The van der Waals surface area contributed by atoms with Gasteiger partial charge in [0.25, 0.3) is 0 Å². The summed E-state index contributed by atoms with van der Waals surface area (Å²) in [7, 11) is -8.32. The highest BCUT2D eigenvalue weighted by atomic mass is 79.9. The molecule has 358 valence electrons. The highest BCUT2D eigenvalue weighted by Crippen LogP contribution is 2.33. The summed E-state index contributed by atoms with van der Waals surface area (Å²) in [4.78, 5) is 9.06. The van der Waals surface area contributed by atoms with Crippen molar-refractivity contribution in [1.82, 2.24) is 18.6 Å². The first-order valence-corrected chi connectivity index (χ1v) is 24.9. The van der Waals surface area contributed by atoms with Gasteiger partial charge >= 0.3 is 0 Å². The number of hydrogen-bond donors (Lipinski definition) is 0. The van der Waals surface area contributed by atoms with E-state index in [0.717, 1.165) is 32.7 Å². The third-order valence-corrected chi connectivity index (χ3v) is 16.7. The van der Waals surface area contributed by atoms with Crippen molar-refractivity contribution < 1.29 is 65.5 Å². The number of benzene rings is 4. The van der Waals surface area contributed by atoms with Crippen LogP contribution < -0.4 is 14.5 Å². The summed E-state index contributed by atoms with van der Waals surface area (Å²) in [5.74, 6) is -22.8. The number of rotatable bonds is 11. The monoisotopic (exact) mass is 1090 g/mol. The van der Waals surface area contributed by atoms with Gasteiger partial charge in [0.2, 0.25) is 31.7 Å². The zero-order valence-electron chi connectivity index (χ0n) is 34.4. The number of anilines is 2. The third-order valence-electron chi connectivity index (χ3n) is 10.4. The second kappa shape index (κ2) is 20.4. The van der Waals surface area contributed by atoms with Crippen molar-refractivity contribution in [2.24, 2.45) is 0 Å². The van der Waals surface area contributed by atoms with Crippen LogP contribution in [0.4, 0.5) is 54.2 Å².